The molecule has 3 nitrogen and oxygen atoms in total. The van der Waals surface area contributed by atoms with Crippen LogP contribution in [0.2, 0.25) is 0 Å². The Morgan fingerprint density at radius 3 is 2.50 bits per heavy atom. The Morgan fingerprint density at radius 2 is 2.08 bits per heavy atom. The van der Waals surface area contributed by atoms with Gasteiger partial charge in [-0.05, 0) is 19.4 Å². The standard InChI is InChI=1S/C8H15NO2.ClH/c1-11-8(7-10)5-3-2-4-6-9;/h2-6,9H2,1H3;1H. The van der Waals surface area contributed by atoms with E-state index in [1.807, 2.05) is 0 Å². The first-order valence-electron chi connectivity index (χ1n) is 3.83. The normalized spacial score (nSPS) is 8.17. The number of halogens is 1. The van der Waals surface area contributed by atoms with Crippen LogP contribution in [0.5, 0.6) is 0 Å². The molecule has 0 fully saturated rings. The largest absolute Gasteiger partial charge is 0.490 e. The Morgan fingerprint density at radius 1 is 1.42 bits per heavy atom. The van der Waals surface area contributed by atoms with Crippen LogP contribution in [0, 0.1) is 0 Å². The van der Waals surface area contributed by atoms with Crippen LogP contribution in [0.15, 0.2) is 5.76 Å². The minimum absolute atomic E-state index is 0. The van der Waals surface area contributed by atoms with E-state index in [-0.39, 0.29) is 12.4 Å². The predicted octanol–water partition coefficient (Wildman–Crippen LogP) is 1.29. The third kappa shape index (κ3) is 7.61. The molecule has 0 bridgehead atoms. The van der Waals surface area contributed by atoms with Crippen molar-refractivity contribution in [1.82, 2.24) is 0 Å². The maximum atomic E-state index is 10.1. The number of allylic oxidation sites excluding steroid dienone is 1. The molecule has 0 amide bonds. The number of hydrogen-bond donors (Lipinski definition) is 1. The number of hydrogen-bond acceptors (Lipinski definition) is 3. The number of nitrogens with two attached hydrogens (primary N) is 1. The van der Waals surface area contributed by atoms with Gasteiger partial charge in [-0.3, -0.25) is 0 Å². The Balaban J connectivity index is 0. The molecule has 0 aromatic heterocycles. The lowest BCUT2D eigenvalue weighted by Gasteiger charge is -1.99. The van der Waals surface area contributed by atoms with E-state index < -0.39 is 0 Å². The number of unbranched alkanes of at least 4 members (excludes halogenated alkanes) is 2. The van der Waals surface area contributed by atoms with Gasteiger partial charge < -0.3 is 10.5 Å². The van der Waals surface area contributed by atoms with E-state index >= 15 is 0 Å². The van der Waals surface area contributed by atoms with Crippen LogP contribution in [-0.4, -0.2) is 19.6 Å². The highest BCUT2D eigenvalue weighted by Crippen LogP contribution is 2.05. The molecule has 0 unspecified atom stereocenters. The molecule has 0 aliphatic heterocycles. The lowest BCUT2D eigenvalue weighted by atomic mass is 10.2. The van der Waals surface area contributed by atoms with Crippen molar-refractivity contribution in [3.8, 4) is 0 Å². The fourth-order valence-corrected chi connectivity index (χ4v) is 0.801. The molecule has 4 heteroatoms. The molecule has 72 valence electrons. The summed E-state index contributed by atoms with van der Waals surface area (Å²) < 4.78 is 4.74. The summed E-state index contributed by atoms with van der Waals surface area (Å²) in [4.78, 5) is 10.1. The van der Waals surface area contributed by atoms with Crippen LogP contribution in [0.1, 0.15) is 25.7 Å². The van der Waals surface area contributed by atoms with E-state index in [9.17, 15) is 4.79 Å². The highest BCUT2D eigenvalue weighted by atomic mass is 35.5. The summed E-state index contributed by atoms with van der Waals surface area (Å²) in [6.45, 7) is 0.715. The second-order valence-electron chi connectivity index (χ2n) is 2.33. The highest BCUT2D eigenvalue weighted by Gasteiger charge is 1.95. The van der Waals surface area contributed by atoms with Gasteiger partial charge in [-0.15, -0.1) is 12.4 Å². The number of methoxy groups -OCH3 is 1. The Kier molecular flexibility index (Phi) is 12.3. The summed E-state index contributed by atoms with van der Waals surface area (Å²) >= 11 is 0. The second-order valence-corrected chi connectivity index (χ2v) is 2.33. The summed E-state index contributed by atoms with van der Waals surface area (Å²) in [7, 11) is 1.49. The van der Waals surface area contributed by atoms with Gasteiger partial charge >= 0.3 is 0 Å². The SMILES string of the molecule is COC(=C=O)CCCCCN.Cl. The molecule has 0 aliphatic rings. The first-order chi connectivity index (χ1) is 5.35. The number of ether oxygens (including phenoxy) is 1. The van der Waals surface area contributed by atoms with Gasteiger partial charge in [0.1, 0.15) is 0 Å². The fourth-order valence-electron chi connectivity index (χ4n) is 0.801. The average molecular weight is 194 g/mol. The molecule has 12 heavy (non-hydrogen) atoms. The maximum Gasteiger partial charge on any atom is 0.179 e. The predicted molar refractivity (Wildman–Crippen MR) is 51.0 cm³/mol. The zero-order chi connectivity index (χ0) is 8.53. The molecular formula is C8H16ClNO2. The summed E-state index contributed by atoms with van der Waals surface area (Å²) in [6.07, 6.45) is 3.69. The van der Waals surface area contributed by atoms with E-state index in [0.29, 0.717) is 18.7 Å². The molecule has 0 spiro atoms. The molecule has 0 aromatic rings. The summed E-state index contributed by atoms with van der Waals surface area (Å²) in [5.74, 6) is 2.15. The van der Waals surface area contributed by atoms with E-state index in [1.165, 1.54) is 7.11 Å². The molecular weight excluding hydrogens is 178 g/mol. The van der Waals surface area contributed by atoms with Crippen molar-refractivity contribution in [2.75, 3.05) is 13.7 Å². The van der Waals surface area contributed by atoms with Crippen molar-refractivity contribution in [1.29, 1.82) is 0 Å². The summed E-state index contributed by atoms with van der Waals surface area (Å²) in [6, 6.07) is 0. The van der Waals surface area contributed by atoms with Gasteiger partial charge in [0.25, 0.3) is 0 Å². The van der Waals surface area contributed by atoms with Gasteiger partial charge in [0, 0.05) is 6.42 Å². The Bertz CT molecular complexity index is 144. The van der Waals surface area contributed by atoms with Gasteiger partial charge in [-0.25, -0.2) is 4.79 Å². The van der Waals surface area contributed by atoms with Crippen LogP contribution in [0.3, 0.4) is 0 Å². The quantitative estimate of drug-likeness (QED) is 0.393. The molecule has 0 saturated heterocycles. The molecule has 0 radical (unpaired) electrons. The molecule has 0 heterocycles. The first kappa shape index (κ1) is 14.0. The monoisotopic (exact) mass is 193 g/mol. The summed E-state index contributed by atoms with van der Waals surface area (Å²) in [5.41, 5.74) is 5.29. The van der Waals surface area contributed by atoms with E-state index in [0.717, 1.165) is 19.3 Å². The van der Waals surface area contributed by atoms with Crippen molar-refractivity contribution in [2.24, 2.45) is 5.73 Å². The Labute approximate surface area is 79.4 Å². The smallest absolute Gasteiger partial charge is 0.179 e. The zero-order valence-electron chi connectivity index (χ0n) is 7.34. The van der Waals surface area contributed by atoms with E-state index in [4.69, 9.17) is 10.5 Å². The van der Waals surface area contributed by atoms with Crippen LogP contribution < -0.4 is 5.73 Å². The fraction of sp³-hybridized carbons (Fsp3) is 0.750. The van der Waals surface area contributed by atoms with Crippen molar-refractivity contribution in [2.45, 2.75) is 25.7 Å². The maximum absolute atomic E-state index is 10.1. The minimum atomic E-state index is 0. The van der Waals surface area contributed by atoms with Gasteiger partial charge in [0.05, 0.1) is 7.11 Å². The molecule has 0 atom stereocenters. The summed E-state index contributed by atoms with van der Waals surface area (Å²) in [5, 5.41) is 0. The van der Waals surface area contributed by atoms with E-state index in [2.05, 4.69) is 0 Å². The van der Waals surface area contributed by atoms with Crippen LogP contribution in [0.4, 0.5) is 0 Å². The van der Waals surface area contributed by atoms with Crippen LogP contribution in [0.25, 0.3) is 0 Å². The van der Waals surface area contributed by atoms with Crippen molar-refractivity contribution in [3.63, 3.8) is 0 Å². The van der Waals surface area contributed by atoms with Crippen LogP contribution >= 0.6 is 12.4 Å². The second kappa shape index (κ2) is 10.5. The molecule has 0 aliphatic carbocycles. The van der Waals surface area contributed by atoms with Gasteiger partial charge in [0.2, 0.25) is 0 Å². The molecule has 0 aromatic carbocycles. The van der Waals surface area contributed by atoms with Crippen molar-refractivity contribution >= 4 is 18.3 Å². The molecule has 2 N–H and O–H groups in total. The van der Waals surface area contributed by atoms with Crippen molar-refractivity contribution < 1.29 is 9.53 Å². The minimum Gasteiger partial charge on any atom is -0.490 e. The lowest BCUT2D eigenvalue weighted by Crippen LogP contribution is -1.98. The first-order valence-corrected chi connectivity index (χ1v) is 3.83. The average Bonchev–Trinajstić information content (AvgIpc) is 2.05. The van der Waals surface area contributed by atoms with E-state index in [1.54, 1.807) is 5.94 Å². The van der Waals surface area contributed by atoms with Crippen molar-refractivity contribution in [3.05, 3.63) is 5.76 Å². The third-order valence-corrected chi connectivity index (χ3v) is 1.47. The van der Waals surface area contributed by atoms with Gasteiger partial charge in [0.15, 0.2) is 11.7 Å². The third-order valence-electron chi connectivity index (χ3n) is 1.47. The number of carbonyl (C=O) groups excluding carboxylic acids is 1. The molecule has 0 saturated carbocycles. The van der Waals surface area contributed by atoms with Crippen LogP contribution in [-0.2, 0) is 9.53 Å². The number of rotatable bonds is 6. The van der Waals surface area contributed by atoms with Gasteiger partial charge in [-0.1, -0.05) is 6.42 Å². The Hall–Kier alpha value is -0.500. The topological polar surface area (TPSA) is 52.3 Å². The zero-order valence-corrected chi connectivity index (χ0v) is 8.15. The molecule has 0 rings (SSSR count). The highest BCUT2D eigenvalue weighted by molar-refractivity contribution is 5.85. The van der Waals surface area contributed by atoms with Gasteiger partial charge in [-0.2, -0.15) is 0 Å². The lowest BCUT2D eigenvalue weighted by molar-refractivity contribution is 0.277.